The van der Waals surface area contributed by atoms with Gasteiger partial charge in [0.15, 0.2) is 0 Å². The average molecular weight is 261 g/mol. The van der Waals surface area contributed by atoms with E-state index in [1.54, 1.807) is 0 Å². The molecule has 1 aliphatic carbocycles. The Morgan fingerprint density at radius 1 is 1.37 bits per heavy atom. The van der Waals surface area contributed by atoms with Crippen molar-refractivity contribution in [2.45, 2.75) is 32.6 Å². The summed E-state index contributed by atoms with van der Waals surface area (Å²) in [5, 5.41) is 2.27. The molecule has 0 saturated heterocycles. The summed E-state index contributed by atoms with van der Waals surface area (Å²) in [6.45, 7) is 2.20. The van der Waals surface area contributed by atoms with Crippen molar-refractivity contribution in [1.29, 1.82) is 0 Å². The summed E-state index contributed by atoms with van der Waals surface area (Å²) in [7, 11) is 0. The number of amides is 2. The number of imide groups is 1. The lowest BCUT2D eigenvalue weighted by Gasteiger charge is -2.16. The third kappa shape index (κ3) is 2.32. The third-order valence-electron chi connectivity index (χ3n) is 3.98. The summed E-state index contributed by atoms with van der Waals surface area (Å²) < 4.78 is 4.99. The zero-order chi connectivity index (χ0) is 13.6. The van der Waals surface area contributed by atoms with E-state index in [1.807, 2.05) is 0 Å². The highest BCUT2D eigenvalue weighted by atomic mass is 16.4. The van der Waals surface area contributed by atoms with E-state index in [4.69, 9.17) is 4.42 Å². The predicted octanol–water partition coefficient (Wildman–Crippen LogP) is 1.04. The largest absolute Gasteiger partial charge is 0.426 e. The second-order valence-corrected chi connectivity index (χ2v) is 5.45. The van der Waals surface area contributed by atoms with Gasteiger partial charge in [0.1, 0.15) is 5.76 Å². The van der Waals surface area contributed by atoms with Crippen molar-refractivity contribution in [3.8, 4) is 0 Å². The Kier molecular flexibility index (Phi) is 2.77. The first kappa shape index (κ1) is 12.1. The highest BCUT2D eigenvalue weighted by Crippen LogP contribution is 2.41. The molecule has 100 valence electrons. The maximum Gasteiger partial charge on any atom is 0.336 e. The molecule has 1 N–H and O–H groups in total. The van der Waals surface area contributed by atoms with Crippen LogP contribution in [0.1, 0.15) is 41.4 Å². The molecule has 0 aromatic carbocycles. The Bertz CT molecular complexity index is 616. The molecule has 1 aliphatic heterocycles. The summed E-state index contributed by atoms with van der Waals surface area (Å²) in [5.41, 5.74) is 0.600. The topological polar surface area (TPSA) is 76.4 Å². The second kappa shape index (κ2) is 4.33. The Labute approximate surface area is 110 Å². The van der Waals surface area contributed by atoms with E-state index in [0.29, 0.717) is 23.5 Å². The number of nitrogens with one attached hydrogen (secondary N) is 1. The van der Waals surface area contributed by atoms with Gasteiger partial charge in [-0.05, 0) is 36.7 Å². The van der Waals surface area contributed by atoms with Gasteiger partial charge in [0, 0.05) is 6.07 Å². The minimum absolute atomic E-state index is 0.0377. The van der Waals surface area contributed by atoms with Crippen LogP contribution in [0.5, 0.6) is 0 Å². The van der Waals surface area contributed by atoms with Crippen molar-refractivity contribution in [2.24, 2.45) is 11.8 Å². The molecule has 0 spiro atoms. The van der Waals surface area contributed by atoms with Crippen LogP contribution in [0.3, 0.4) is 0 Å². The van der Waals surface area contributed by atoms with Gasteiger partial charge in [-0.3, -0.25) is 14.9 Å². The van der Waals surface area contributed by atoms with Crippen molar-refractivity contribution >= 4 is 11.8 Å². The smallest absolute Gasteiger partial charge is 0.336 e. The number of carbonyl (C=O) groups is 2. The molecule has 1 fully saturated rings. The molecule has 2 heterocycles. The van der Waals surface area contributed by atoms with Crippen molar-refractivity contribution in [3.63, 3.8) is 0 Å². The molecular weight excluding hydrogens is 246 g/mol. The zero-order valence-corrected chi connectivity index (χ0v) is 10.7. The molecule has 1 aromatic rings. The fraction of sp³-hybridized carbons (Fsp3) is 0.500. The van der Waals surface area contributed by atoms with E-state index < -0.39 is 17.4 Å². The van der Waals surface area contributed by atoms with Gasteiger partial charge in [-0.1, -0.05) is 6.92 Å². The van der Waals surface area contributed by atoms with Gasteiger partial charge in [-0.25, -0.2) is 4.79 Å². The monoisotopic (exact) mass is 261 g/mol. The quantitative estimate of drug-likeness (QED) is 0.825. The van der Waals surface area contributed by atoms with Gasteiger partial charge < -0.3 is 4.42 Å². The SMILES string of the molecule is CC1CC1CCc1cc(=O)oc2c1C(=O)NC(=O)C2. The maximum absolute atomic E-state index is 11.9. The summed E-state index contributed by atoms with van der Waals surface area (Å²) in [4.78, 5) is 34.6. The highest BCUT2D eigenvalue weighted by molar-refractivity contribution is 6.09. The Balaban J connectivity index is 1.92. The van der Waals surface area contributed by atoms with Gasteiger partial charge in [-0.15, -0.1) is 0 Å². The zero-order valence-electron chi connectivity index (χ0n) is 10.7. The molecule has 1 saturated carbocycles. The molecular formula is C14H15NO4. The fourth-order valence-corrected chi connectivity index (χ4v) is 2.71. The third-order valence-corrected chi connectivity index (χ3v) is 3.98. The van der Waals surface area contributed by atoms with Crippen LogP contribution in [0, 0.1) is 11.8 Å². The Morgan fingerprint density at radius 3 is 2.79 bits per heavy atom. The van der Waals surface area contributed by atoms with E-state index in [-0.39, 0.29) is 12.2 Å². The van der Waals surface area contributed by atoms with Crippen LogP contribution >= 0.6 is 0 Å². The summed E-state index contributed by atoms with van der Waals surface area (Å²) in [5.74, 6) is 0.769. The molecule has 1 aromatic heterocycles. The number of hydrogen-bond donors (Lipinski definition) is 1. The van der Waals surface area contributed by atoms with Crippen LogP contribution in [0.25, 0.3) is 0 Å². The molecule has 2 amide bonds. The standard InChI is InChI=1S/C14H15NO4/c1-7-4-8(7)2-3-9-5-12(17)19-10-6-11(16)15-14(18)13(9)10/h5,7-8H,2-4,6H2,1H3,(H,15,16,18). The van der Waals surface area contributed by atoms with Crippen LogP contribution in [0.4, 0.5) is 0 Å². The molecule has 2 atom stereocenters. The lowest BCUT2D eigenvalue weighted by molar-refractivity contribution is -0.120. The molecule has 0 radical (unpaired) electrons. The highest BCUT2D eigenvalue weighted by Gasteiger charge is 2.33. The minimum atomic E-state index is -0.486. The van der Waals surface area contributed by atoms with Crippen molar-refractivity contribution < 1.29 is 14.0 Å². The van der Waals surface area contributed by atoms with Gasteiger partial charge in [0.05, 0.1) is 12.0 Å². The number of hydrogen-bond acceptors (Lipinski definition) is 4. The predicted molar refractivity (Wildman–Crippen MR) is 66.7 cm³/mol. The molecule has 19 heavy (non-hydrogen) atoms. The van der Waals surface area contributed by atoms with E-state index >= 15 is 0 Å². The molecule has 3 rings (SSSR count). The van der Waals surface area contributed by atoms with Crippen LogP contribution in [-0.4, -0.2) is 11.8 Å². The Hall–Kier alpha value is -1.91. The number of fused-ring (bicyclic) bond motifs is 1. The van der Waals surface area contributed by atoms with Gasteiger partial charge in [0.25, 0.3) is 5.91 Å². The first-order valence-electron chi connectivity index (χ1n) is 6.54. The van der Waals surface area contributed by atoms with E-state index in [9.17, 15) is 14.4 Å². The summed E-state index contributed by atoms with van der Waals surface area (Å²) in [6.07, 6.45) is 2.83. The normalized spacial score (nSPS) is 24.9. The molecule has 5 heteroatoms. The van der Waals surface area contributed by atoms with E-state index in [0.717, 1.165) is 12.3 Å². The number of aryl methyl sites for hydroxylation is 1. The number of carbonyl (C=O) groups excluding carboxylic acids is 2. The fourth-order valence-electron chi connectivity index (χ4n) is 2.71. The minimum Gasteiger partial charge on any atom is -0.426 e. The molecule has 2 aliphatic rings. The number of rotatable bonds is 3. The van der Waals surface area contributed by atoms with Crippen LogP contribution in [0.2, 0.25) is 0 Å². The lowest BCUT2D eigenvalue weighted by Crippen LogP contribution is -2.38. The molecule has 5 nitrogen and oxygen atoms in total. The van der Waals surface area contributed by atoms with E-state index in [2.05, 4.69) is 12.2 Å². The lowest BCUT2D eigenvalue weighted by atomic mass is 9.97. The van der Waals surface area contributed by atoms with Crippen LogP contribution in [-0.2, 0) is 17.6 Å². The van der Waals surface area contributed by atoms with Gasteiger partial charge in [0.2, 0.25) is 5.91 Å². The van der Waals surface area contributed by atoms with Crippen molar-refractivity contribution in [1.82, 2.24) is 5.32 Å². The first-order valence-corrected chi connectivity index (χ1v) is 6.54. The summed E-state index contributed by atoms with van der Waals surface area (Å²) >= 11 is 0. The van der Waals surface area contributed by atoms with Crippen molar-refractivity contribution in [3.05, 3.63) is 33.4 Å². The maximum atomic E-state index is 11.9. The van der Waals surface area contributed by atoms with Crippen LogP contribution in [0.15, 0.2) is 15.3 Å². The second-order valence-electron chi connectivity index (χ2n) is 5.45. The van der Waals surface area contributed by atoms with E-state index in [1.165, 1.54) is 12.5 Å². The van der Waals surface area contributed by atoms with Gasteiger partial charge >= 0.3 is 5.63 Å². The molecule has 0 bridgehead atoms. The molecule has 2 unspecified atom stereocenters. The average Bonchev–Trinajstić information content (AvgIpc) is 3.00. The van der Waals surface area contributed by atoms with Crippen molar-refractivity contribution in [2.75, 3.05) is 0 Å². The summed E-state index contributed by atoms with van der Waals surface area (Å²) in [6, 6.07) is 1.38. The van der Waals surface area contributed by atoms with Gasteiger partial charge in [-0.2, -0.15) is 0 Å². The first-order chi connectivity index (χ1) is 9.04. The Morgan fingerprint density at radius 2 is 2.11 bits per heavy atom. The van der Waals surface area contributed by atoms with Crippen LogP contribution < -0.4 is 10.9 Å².